The van der Waals surface area contributed by atoms with Crippen LogP contribution in [0.15, 0.2) is 59.8 Å². The Morgan fingerprint density at radius 3 is 2.55 bits per heavy atom. The summed E-state index contributed by atoms with van der Waals surface area (Å²) in [6, 6.07) is 13.3. The Kier molecular flexibility index (Phi) is 6.99. The normalized spacial score (nSPS) is 15.7. The van der Waals surface area contributed by atoms with E-state index in [-0.39, 0.29) is 10.6 Å². The Hall–Kier alpha value is -3.31. The van der Waals surface area contributed by atoms with E-state index in [9.17, 15) is 13.2 Å². The maximum absolute atomic E-state index is 13.3. The average Bonchev–Trinajstić information content (AvgIpc) is 3.38. The number of anilines is 1. The summed E-state index contributed by atoms with van der Waals surface area (Å²) in [6.45, 7) is 0.989. The molecule has 1 saturated heterocycles. The summed E-state index contributed by atoms with van der Waals surface area (Å²) in [5.41, 5.74) is 1.20. The van der Waals surface area contributed by atoms with Gasteiger partial charge in [-0.15, -0.1) is 5.10 Å². The first-order valence-electron chi connectivity index (χ1n) is 10.7. The minimum Gasteiger partial charge on any atom is -0.495 e. The molecule has 0 aliphatic carbocycles. The number of hydrogen-bond donors (Lipinski definition) is 1. The van der Waals surface area contributed by atoms with Crippen LogP contribution in [0.5, 0.6) is 5.75 Å². The molecule has 1 aliphatic rings. The van der Waals surface area contributed by atoms with E-state index < -0.39 is 22.0 Å². The molecule has 3 aromatic rings. The second-order valence-electron chi connectivity index (χ2n) is 7.81. The number of carbonyl (C=O) groups is 1. The highest BCUT2D eigenvalue weighted by molar-refractivity contribution is 7.89. The number of tetrazole rings is 1. The van der Waals surface area contributed by atoms with Crippen LogP contribution in [-0.2, 0) is 21.2 Å². The van der Waals surface area contributed by atoms with E-state index in [1.807, 2.05) is 30.3 Å². The van der Waals surface area contributed by atoms with Crippen LogP contribution < -0.4 is 10.1 Å². The van der Waals surface area contributed by atoms with Gasteiger partial charge in [-0.3, -0.25) is 4.79 Å². The number of benzene rings is 2. The molecule has 1 amide bonds. The minimum atomic E-state index is -3.67. The van der Waals surface area contributed by atoms with E-state index in [0.29, 0.717) is 25.3 Å². The smallest absolute Gasteiger partial charge is 0.249 e. The summed E-state index contributed by atoms with van der Waals surface area (Å²) in [4.78, 5) is 13.4. The van der Waals surface area contributed by atoms with Crippen LogP contribution >= 0.6 is 0 Å². The molecule has 2 heterocycles. The molecule has 1 aromatic heterocycles. The van der Waals surface area contributed by atoms with Crippen molar-refractivity contribution in [3.63, 3.8) is 0 Å². The van der Waals surface area contributed by atoms with Crippen LogP contribution in [0.2, 0.25) is 0 Å². The number of piperidine rings is 1. The van der Waals surface area contributed by atoms with Crippen LogP contribution in [0.4, 0.5) is 5.69 Å². The van der Waals surface area contributed by atoms with Crippen molar-refractivity contribution in [2.75, 3.05) is 25.5 Å². The zero-order valence-electron chi connectivity index (χ0n) is 18.3. The van der Waals surface area contributed by atoms with E-state index in [4.69, 9.17) is 4.74 Å². The number of nitrogens with one attached hydrogen (secondary N) is 1. The fourth-order valence-corrected chi connectivity index (χ4v) is 5.41. The molecule has 1 aliphatic heterocycles. The second-order valence-corrected chi connectivity index (χ2v) is 9.75. The highest BCUT2D eigenvalue weighted by Crippen LogP contribution is 2.31. The lowest BCUT2D eigenvalue weighted by Crippen LogP contribution is -2.35. The van der Waals surface area contributed by atoms with Crippen LogP contribution in [-0.4, -0.2) is 59.0 Å². The van der Waals surface area contributed by atoms with Crippen molar-refractivity contribution < 1.29 is 17.9 Å². The Bertz CT molecular complexity index is 1180. The molecule has 0 saturated carbocycles. The summed E-state index contributed by atoms with van der Waals surface area (Å²) in [5, 5.41) is 14.0. The van der Waals surface area contributed by atoms with E-state index in [1.165, 1.54) is 34.6 Å². The number of rotatable bonds is 8. The Morgan fingerprint density at radius 1 is 1.12 bits per heavy atom. The highest BCUT2D eigenvalue weighted by atomic mass is 32.2. The quantitative estimate of drug-likeness (QED) is 0.536. The number of carbonyl (C=O) groups excluding carboxylic acids is 1. The minimum absolute atomic E-state index is 0.113. The lowest BCUT2D eigenvalue weighted by Gasteiger charge is -2.26. The summed E-state index contributed by atoms with van der Waals surface area (Å²) in [7, 11) is -2.20. The Balaban J connectivity index is 1.62. The first-order valence-corrected chi connectivity index (χ1v) is 12.2. The molecule has 4 rings (SSSR count). The SMILES string of the molecule is COc1ccc(S(=O)(=O)N2CCCCC2)cc1NC(=O)[C@@H](Cc1ccccc1)n1cnnn1. The fourth-order valence-electron chi connectivity index (χ4n) is 3.87. The zero-order chi connectivity index (χ0) is 23.3. The third kappa shape index (κ3) is 5.20. The Morgan fingerprint density at radius 2 is 1.88 bits per heavy atom. The third-order valence-corrected chi connectivity index (χ3v) is 7.53. The molecule has 174 valence electrons. The van der Waals surface area contributed by atoms with E-state index in [0.717, 1.165) is 24.8 Å². The van der Waals surface area contributed by atoms with Gasteiger partial charge in [-0.25, -0.2) is 13.1 Å². The topological polar surface area (TPSA) is 119 Å². The van der Waals surface area contributed by atoms with Crippen LogP contribution in [0.1, 0.15) is 30.9 Å². The molecule has 2 aromatic carbocycles. The van der Waals surface area contributed by atoms with Gasteiger partial charge >= 0.3 is 0 Å². The van der Waals surface area contributed by atoms with Crippen LogP contribution in [0.3, 0.4) is 0 Å². The lowest BCUT2D eigenvalue weighted by molar-refractivity contribution is -0.119. The van der Waals surface area contributed by atoms with Crippen molar-refractivity contribution >= 4 is 21.6 Å². The summed E-state index contributed by atoms with van der Waals surface area (Å²) < 4.78 is 34.5. The van der Waals surface area contributed by atoms with E-state index in [2.05, 4.69) is 20.8 Å². The molecule has 1 atom stereocenters. The van der Waals surface area contributed by atoms with Crippen molar-refractivity contribution in [2.45, 2.75) is 36.6 Å². The van der Waals surface area contributed by atoms with Crippen molar-refractivity contribution in [1.82, 2.24) is 24.5 Å². The zero-order valence-corrected chi connectivity index (χ0v) is 19.1. The molecule has 10 nitrogen and oxygen atoms in total. The number of amides is 1. The number of ether oxygens (including phenoxy) is 1. The molecule has 0 bridgehead atoms. The maximum Gasteiger partial charge on any atom is 0.249 e. The number of sulfonamides is 1. The standard InChI is InChI=1S/C22H26N6O4S/c1-32-21-11-10-18(33(30,31)27-12-6-3-7-13-27)15-19(21)24-22(29)20(28-16-23-25-26-28)14-17-8-4-2-5-9-17/h2,4-5,8-11,15-16,20H,3,6-7,12-14H2,1H3,(H,24,29)/t20-/m1/s1. The lowest BCUT2D eigenvalue weighted by atomic mass is 10.1. The molecular weight excluding hydrogens is 444 g/mol. The van der Waals surface area contributed by atoms with Crippen LogP contribution in [0.25, 0.3) is 0 Å². The summed E-state index contributed by atoms with van der Waals surface area (Å²) in [5.74, 6) is -0.0342. The number of methoxy groups -OCH3 is 1. The number of aromatic nitrogens is 4. The van der Waals surface area contributed by atoms with Crippen molar-refractivity contribution in [1.29, 1.82) is 0 Å². The van der Waals surface area contributed by atoms with Gasteiger partial charge in [-0.2, -0.15) is 4.31 Å². The Labute approximate surface area is 192 Å². The molecular formula is C22H26N6O4S. The molecule has 0 spiro atoms. The predicted octanol–water partition coefficient (Wildman–Crippen LogP) is 2.28. The number of hydrogen-bond acceptors (Lipinski definition) is 7. The largest absolute Gasteiger partial charge is 0.495 e. The van der Waals surface area contributed by atoms with Crippen molar-refractivity contribution in [3.05, 3.63) is 60.4 Å². The van der Waals surface area contributed by atoms with Gasteiger partial charge in [-0.05, 0) is 47.0 Å². The van der Waals surface area contributed by atoms with Gasteiger partial charge in [0.05, 0.1) is 17.7 Å². The summed E-state index contributed by atoms with van der Waals surface area (Å²) >= 11 is 0. The van der Waals surface area contributed by atoms with Gasteiger partial charge in [0.2, 0.25) is 15.9 Å². The number of nitrogens with zero attached hydrogens (tertiary/aromatic N) is 5. The monoisotopic (exact) mass is 470 g/mol. The third-order valence-electron chi connectivity index (χ3n) is 5.64. The van der Waals surface area contributed by atoms with Crippen LogP contribution in [0, 0.1) is 0 Å². The summed E-state index contributed by atoms with van der Waals surface area (Å²) in [6.07, 6.45) is 4.43. The first-order chi connectivity index (χ1) is 16.0. The van der Waals surface area contributed by atoms with E-state index >= 15 is 0 Å². The molecule has 0 radical (unpaired) electrons. The van der Waals surface area contributed by atoms with Crippen molar-refractivity contribution in [3.8, 4) is 5.75 Å². The maximum atomic E-state index is 13.3. The second kappa shape index (κ2) is 10.1. The van der Waals surface area contributed by atoms with Gasteiger partial charge < -0.3 is 10.1 Å². The molecule has 11 heteroatoms. The average molecular weight is 471 g/mol. The van der Waals surface area contributed by atoms with E-state index in [1.54, 1.807) is 6.07 Å². The molecule has 1 fully saturated rings. The van der Waals surface area contributed by atoms with Gasteiger partial charge in [0.1, 0.15) is 18.1 Å². The molecule has 0 unspecified atom stereocenters. The van der Waals surface area contributed by atoms with Crippen molar-refractivity contribution in [2.24, 2.45) is 0 Å². The highest BCUT2D eigenvalue weighted by Gasteiger charge is 2.28. The predicted molar refractivity (Wildman–Crippen MR) is 121 cm³/mol. The molecule has 1 N–H and O–H groups in total. The fraction of sp³-hybridized carbons (Fsp3) is 0.364. The first kappa shape index (κ1) is 22.9. The van der Waals surface area contributed by atoms with Gasteiger partial charge in [0.25, 0.3) is 0 Å². The van der Waals surface area contributed by atoms with Gasteiger partial charge in [0, 0.05) is 19.5 Å². The van der Waals surface area contributed by atoms with Gasteiger partial charge in [-0.1, -0.05) is 36.8 Å². The molecule has 33 heavy (non-hydrogen) atoms. The van der Waals surface area contributed by atoms with Gasteiger partial charge in [0.15, 0.2) is 0 Å².